The van der Waals surface area contributed by atoms with Crippen LogP contribution in [0.25, 0.3) is 6.08 Å². The molecule has 1 N–H and O–H groups in total. The quantitative estimate of drug-likeness (QED) is 0.226. The van der Waals surface area contributed by atoms with Crippen molar-refractivity contribution in [2.24, 2.45) is 0 Å². The molecule has 0 saturated carbocycles. The van der Waals surface area contributed by atoms with Crippen LogP contribution in [0.5, 0.6) is 5.75 Å². The number of unbranched alkanes of at least 4 members (excludes halogenated alkanes) is 2. The van der Waals surface area contributed by atoms with Gasteiger partial charge < -0.3 is 9.84 Å². The Morgan fingerprint density at radius 1 is 1.16 bits per heavy atom. The highest BCUT2D eigenvalue weighted by Crippen LogP contribution is 2.34. The molecule has 0 spiro atoms. The molecule has 5 nitrogen and oxygen atoms in total. The van der Waals surface area contributed by atoms with E-state index in [9.17, 15) is 9.59 Å². The number of amides is 1. The second-order valence-electron chi connectivity index (χ2n) is 7.10. The number of thioether (sulfide) groups is 1. The smallest absolute Gasteiger partial charge is 0.303 e. The van der Waals surface area contributed by atoms with Crippen LogP contribution in [0.1, 0.15) is 36.8 Å². The molecule has 1 fully saturated rings. The summed E-state index contributed by atoms with van der Waals surface area (Å²) in [7, 11) is 0. The highest BCUT2D eigenvalue weighted by molar-refractivity contribution is 8.26. The van der Waals surface area contributed by atoms with E-state index in [4.69, 9.17) is 45.3 Å². The molecule has 0 radical (unpaired) electrons. The van der Waals surface area contributed by atoms with Gasteiger partial charge >= 0.3 is 5.97 Å². The van der Waals surface area contributed by atoms with Crippen molar-refractivity contribution in [1.82, 2.24) is 4.90 Å². The van der Waals surface area contributed by atoms with Crippen LogP contribution in [0.2, 0.25) is 10.0 Å². The van der Waals surface area contributed by atoms with Gasteiger partial charge in [-0.3, -0.25) is 14.5 Å². The van der Waals surface area contributed by atoms with Crippen molar-refractivity contribution < 1.29 is 19.4 Å². The second-order valence-corrected chi connectivity index (χ2v) is 9.62. The molecule has 32 heavy (non-hydrogen) atoms. The Bertz CT molecular complexity index is 1060. The molecule has 0 bridgehead atoms. The summed E-state index contributed by atoms with van der Waals surface area (Å²) >= 11 is 18.8. The van der Waals surface area contributed by atoms with Crippen molar-refractivity contribution in [2.45, 2.75) is 32.3 Å². The van der Waals surface area contributed by atoms with Gasteiger partial charge in [0, 0.05) is 34.1 Å². The molecular formula is C23H21Cl2NO4S2. The number of benzene rings is 2. The number of halogens is 2. The Morgan fingerprint density at radius 2 is 1.94 bits per heavy atom. The lowest BCUT2D eigenvalue weighted by Crippen LogP contribution is -2.29. The number of carboxylic acids is 1. The van der Waals surface area contributed by atoms with Gasteiger partial charge in [-0.25, -0.2) is 0 Å². The first kappa shape index (κ1) is 24.6. The minimum atomic E-state index is -0.808. The van der Waals surface area contributed by atoms with Gasteiger partial charge in [0.2, 0.25) is 0 Å². The number of ether oxygens (including phenoxy) is 1. The number of nitrogens with zero attached hydrogens (tertiary/aromatic N) is 1. The number of para-hydroxylation sites is 1. The number of hydrogen-bond donors (Lipinski definition) is 1. The van der Waals surface area contributed by atoms with Crippen molar-refractivity contribution in [3.63, 3.8) is 0 Å². The van der Waals surface area contributed by atoms with Gasteiger partial charge in [0.25, 0.3) is 5.91 Å². The summed E-state index contributed by atoms with van der Waals surface area (Å²) in [6.07, 6.45) is 3.93. The summed E-state index contributed by atoms with van der Waals surface area (Å²) in [4.78, 5) is 25.6. The molecule has 9 heteroatoms. The lowest BCUT2D eigenvalue weighted by atomic mass is 10.1. The Hall–Kier alpha value is -2.06. The van der Waals surface area contributed by atoms with Crippen LogP contribution >= 0.6 is 47.2 Å². The van der Waals surface area contributed by atoms with E-state index in [1.807, 2.05) is 30.3 Å². The van der Waals surface area contributed by atoms with Gasteiger partial charge in [0.15, 0.2) is 0 Å². The van der Waals surface area contributed by atoms with Gasteiger partial charge in [0.05, 0.1) is 4.91 Å². The molecule has 0 unspecified atom stereocenters. The van der Waals surface area contributed by atoms with Crippen LogP contribution in [0.3, 0.4) is 0 Å². The Labute approximate surface area is 206 Å². The summed E-state index contributed by atoms with van der Waals surface area (Å²) in [5.41, 5.74) is 1.57. The average Bonchev–Trinajstić information content (AvgIpc) is 3.01. The monoisotopic (exact) mass is 509 g/mol. The molecule has 1 saturated heterocycles. The standard InChI is InChI=1S/C23H21Cl2NO4S2/c24-17-10-9-16(18(25)13-17)14-30-19-7-4-3-6-15(19)12-20-22(29)26(23(31)32-20)11-5-1-2-8-21(27)28/h3-4,6-7,9-10,12-13H,1-2,5,8,11,14H2,(H,27,28)/b20-12+. The number of carbonyl (C=O) groups excluding carboxylic acids is 1. The Balaban J connectivity index is 1.65. The van der Waals surface area contributed by atoms with Gasteiger partial charge in [0.1, 0.15) is 16.7 Å². The molecule has 168 valence electrons. The van der Waals surface area contributed by atoms with Crippen molar-refractivity contribution in [3.05, 3.63) is 68.5 Å². The van der Waals surface area contributed by atoms with Crippen LogP contribution in [-0.2, 0) is 16.2 Å². The van der Waals surface area contributed by atoms with Gasteiger partial charge in [-0.2, -0.15) is 0 Å². The van der Waals surface area contributed by atoms with Gasteiger partial charge in [-0.15, -0.1) is 0 Å². The SMILES string of the molecule is O=C(O)CCCCCN1C(=O)/C(=C\c2ccccc2OCc2ccc(Cl)cc2Cl)SC1=S. The molecule has 0 aromatic heterocycles. The molecule has 2 aromatic carbocycles. The molecule has 1 aliphatic rings. The first-order chi connectivity index (χ1) is 15.3. The van der Waals surface area contributed by atoms with E-state index in [1.165, 1.54) is 11.8 Å². The number of thiocarbonyl (C=S) groups is 1. The largest absolute Gasteiger partial charge is 0.488 e. The van der Waals surface area contributed by atoms with E-state index in [2.05, 4.69) is 0 Å². The third-order valence-electron chi connectivity index (χ3n) is 4.75. The van der Waals surface area contributed by atoms with E-state index >= 15 is 0 Å². The number of aliphatic carboxylic acids is 1. The normalized spacial score (nSPS) is 14.9. The molecule has 1 heterocycles. The summed E-state index contributed by atoms with van der Waals surface area (Å²) in [5.74, 6) is -0.330. The maximum absolute atomic E-state index is 12.8. The highest BCUT2D eigenvalue weighted by atomic mass is 35.5. The molecule has 3 rings (SSSR count). The van der Waals surface area contributed by atoms with Gasteiger partial charge in [-0.1, -0.05) is 77.9 Å². The van der Waals surface area contributed by atoms with Crippen molar-refractivity contribution in [2.75, 3.05) is 6.54 Å². The average molecular weight is 510 g/mol. The van der Waals surface area contributed by atoms with E-state index in [0.29, 0.717) is 44.4 Å². The number of carboxylic acid groups (broad SMARTS) is 1. The second kappa shape index (κ2) is 11.7. The molecule has 1 amide bonds. The molecular weight excluding hydrogens is 489 g/mol. The predicted molar refractivity (Wildman–Crippen MR) is 133 cm³/mol. The summed E-state index contributed by atoms with van der Waals surface area (Å²) in [6.45, 7) is 0.743. The highest BCUT2D eigenvalue weighted by Gasteiger charge is 2.31. The maximum Gasteiger partial charge on any atom is 0.303 e. The molecule has 0 atom stereocenters. The molecule has 2 aromatic rings. The lowest BCUT2D eigenvalue weighted by Gasteiger charge is -2.14. The fourth-order valence-electron chi connectivity index (χ4n) is 3.08. The van der Waals surface area contributed by atoms with E-state index in [0.717, 1.165) is 17.5 Å². The Morgan fingerprint density at radius 3 is 2.69 bits per heavy atom. The van der Waals surface area contributed by atoms with E-state index in [1.54, 1.807) is 23.1 Å². The third kappa shape index (κ3) is 6.72. The van der Waals surface area contributed by atoms with Gasteiger partial charge in [-0.05, 0) is 37.1 Å². The van der Waals surface area contributed by atoms with Crippen LogP contribution < -0.4 is 4.74 Å². The summed E-state index contributed by atoms with van der Waals surface area (Å²) in [6, 6.07) is 12.7. The number of rotatable bonds is 10. The van der Waals surface area contributed by atoms with Crippen molar-refractivity contribution in [1.29, 1.82) is 0 Å². The number of carbonyl (C=O) groups is 2. The summed E-state index contributed by atoms with van der Waals surface area (Å²) < 4.78 is 6.47. The Kier molecular flexibility index (Phi) is 8.99. The van der Waals surface area contributed by atoms with Crippen LogP contribution in [0.4, 0.5) is 0 Å². The lowest BCUT2D eigenvalue weighted by molar-refractivity contribution is -0.137. The predicted octanol–water partition coefficient (Wildman–Crippen LogP) is 6.42. The van der Waals surface area contributed by atoms with Crippen LogP contribution in [0, 0.1) is 0 Å². The molecule has 0 aliphatic carbocycles. The maximum atomic E-state index is 12.8. The zero-order valence-corrected chi connectivity index (χ0v) is 20.2. The van der Waals surface area contributed by atoms with Crippen LogP contribution in [-0.4, -0.2) is 32.7 Å². The zero-order valence-electron chi connectivity index (χ0n) is 17.1. The van der Waals surface area contributed by atoms with E-state index < -0.39 is 5.97 Å². The fourth-order valence-corrected chi connectivity index (χ4v) is 4.84. The van der Waals surface area contributed by atoms with Crippen LogP contribution in [0.15, 0.2) is 47.4 Å². The third-order valence-corrected chi connectivity index (χ3v) is 6.71. The fraction of sp³-hybridized carbons (Fsp3) is 0.261. The molecule has 1 aliphatic heterocycles. The van der Waals surface area contributed by atoms with E-state index in [-0.39, 0.29) is 18.9 Å². The topological polar surface area (TPSA) is 66.8 Å². The first-order valence-corrected chi connectivity index (χ1v) is 12.0. The number of hydrogen-bond acceptors (Lipinski definition) is 5. The minimum Gasteiger partial charge on any atom is -0.488 e. The first-order valence-electron chi connectivity index (χ1n) is 9.98. The van der Waals surface area contributed by atoms with Crippen molar-refractivity contribution >= 4 is 69.5 Å². The summed E-state index contributed by atoms with van der Waals surface area (Å²) in [5, 5.41) is 9.80. The minimum absolute atomic E-state index is 0.135. The zero-order chi connectivity index (χ0) is 23.1. The van der Waals surface area contributed by atoms with Crippen molar-refractivity contribution in [3.8, 4) is 5.75 Å².